The van der Waals surface area contributed by atoms with Crippen molar-refractivity contribution in [2.24, 2.45) is 11.3 Å². The largest absolute Gasteiger partial charge is 0.416 e. The Morgan fingerprint density at radius 2 is 1.95 bits per heavy atom. The summed E-state index contributed by atoms with van der Waals surface area (Å²) >= 11 is 0. The van der Waals surface area contributed by atoms with E-state index in [4.69, 9.17) is 14.2 Å². The molecular formula is C28H41F3N4O4. The number of ether oxygens (including phenoxy) is 3. The molecule has 4 aliphatic heterocycles. The number of aromatic nitrogens is 1. The highest BCUT2D eigenvalue weighted by Gasteiger charge is 2.45. The van der Waals surface area contributed by atoms with Crippen LogP contribution in [0.25, 0.3) is 0 Å². The topological polar surface area (TPSA) is 76.2 Å². The molecule has 5 heterocycles. The number of carbonyl (C=O) groups excluding carboxylic acids is 1. The number of carbonyl (C=O) groups is 1. The van der Waals surface area contributed by atoms with Crippen molar-refractivity contribution in [3.8, 4) is 0 Å². The average molecular weight is 555 g/mol. The number of fused-ring (bicyclic) bond motifs is 2. The predicted molar refractivity (Wildman–Crippen MR) is 139 cm³/mol. The van der Waals surface area contributed by atoms with Crippen LogP contribution in [0.15, 0.2) is 18.3 Å². The van der Waals surface area contributed by atoms with Gasteiger partial charge in [-0.1, -0.05) is 6.92 Å². The first kappa shape index (κ1) is 28.6. The SMILES string of the molecule is COC1COCCC1NC1CCC(C)(C2CCOC2)C1.O=CN1CC2CC1CN2c1cc(C(F)(F)F)ccn1. The first-order valence-electron chi connectivity index (χ1n) is 14.2. The third-order valence-corrected chi connectivity index (χ3v) is 9.53. The molecule has 8 nitrogen and oxygen atoms in total. The van der Waals surface area contributed by atoms with Crippen molar-refractivity contribution in [3.05, 3.63) is 23.9 Å². The number of methoxy groups -OCH3 is 1. The summed E-state index contributed by atoms with van der Waals surface area (Å²) in [5, 5.41) is 3.85. The normalized spacial score (nSPS) is 36.2. The standard InChI is InChI=1S/C16H29NO3.C12H12F3N3O/c1-16(12-4-7-19-10-12)6-3-13(9-16)17-14-5-8-20-11-15(14)18-2;13-12(14,15)8-1-2-16-11(3-8)18-6-9-4-10(18)5-17(9)7-19/h12-15,17H,3-11H2,1-2H3;1-3,7,9-10H,4-6H2. The van der Waals surface area contributed by atoms with Crippen molar-refractivity contribution in [2.45, 2.75) is 81.9 Å². The number of rotatable bonds is 6. The molecule has 1 aliphatic carbocycles. The lowest BCUT2D eigenvalue weighted by molar-refractivity contribution is -0.137. The number of likely N-dealkylation sites (tertiary alicyclic amines) is 1. The number of hydrogen-bond acceptors (Lipinski definition) is 7. The summed E-state index contributed by atoms with van der Waals surface area (Å²) in [7, 11) is 1.79. The van der Waals surface area contributed by atoms with E-state index in [0.717, 1.165) is 63.7 Å². The molecule has 0 spiro atoms. The number of halogens is 3. The van der Waals surface area contributed by atoms with Crippen LogP contribution in [0.2, 0.25) is 0 Å². The molecule has 0 radical (unpaired) electrons. The van der Waals surface area contributed by atoms with E-state index in [1.807, 2.05) is 4.90 Å². The molecule has 1 amide bonds. The van der Waals surface area contributed by atoms with Crippen LogP contribution in [-0.4, -0.2) is 93.2 Å². The first-order chi connectivity index (χ1) is 18.7. The van der Waals surface area contributed by atoms with Gasteiger partial charge < -0.3 is 29.3 Å². The van der Waals surface area contributed by atoms with E-state index in [1.54, 1.807) is 12.0 Å². The number of nitrogens with zero attached hydrogens (tertiary/aromatic N) is 3. The van der Waals surface area contributed by atoms with E-state index in [0.29, 0.717) is 36.4 Å². The third kappa shape index (κ3) is 6.36. The van der Waals surface area contributed by atoms with Gasteiger partial charge in [-0.2, -0.15) is 13.2 Å². The zero-order valence-corrected chi connectivity index (χ0v) is 22.9. The van der Waals surface area contributed by atoms with Crippen LogP contribution in [0.5, 0.6) is 0 Å². The van der Waals surface area contributed by atoms with Crippen LogP contribution in [0.3, 0.4) is 0 Å². The predicted octanol–water partition coefficient (Wildman–Crippen LogP) is 3.49. The second-order valence-electron chi connectivity index (χ2n) is 12.0. The summed E-state index contributed by atoms with van der Waals surface area (Å²) in [4.78, 5) is 18.4. The number of amides is 1. The van der Waals surface area contributed by atoms with Crippen LogP contribution in [-0.2, 0) is 25.2 Å². The van der Waals surface area contributed by atoms with E-state index < -0.39 is 11.7 Å². The lowest BCUT2D eigenvalue weighted by Crippen LogP contribution is -2.50. The number of hydrogen-bond donors (Lipinski definition) is 1. The molecule has 4 saturated heterocycles. The van der Waals surface area contributed by atoms with Crippen LogP contribution in [0.4, 0.5) is 19.0 Å². The Balaban J connectivity index is 0.000000158. The van der Waals surface area contributed by atoms with Crippen molar-refractivity contribution < 1.29 is 32.2 Å². The van der Waals surface area contributed by atoms with Gasteiger partial charge in [0.05, 0.1) is 30.4 Å². The maximum atomic E-state index is 12.7. The average Bonchev–Trinajstić information content (AvgIpc) is 3.74. The zero-order valence-electron chi connectivity index (χ0n) is 22.9. The molecule has 1 aromatic heterocycles. The molecule has 6 rings (SSSR count). The summed E-state index contributed by atoms with van der Waals surface area (Å²) in [5.41, 5.74) is -0.213. The maximum absolute atomic E-state index is 12.7. The Kier molecular flexibility index (Phi) is 8.71. The summed E-state index contributed by atoms with van der Waals surface area (Å²) in [6, 6.07) is 3.31. The molecule has 0 aromatic carbocycles. The van der Waals surface area contributed by atoms with E-state index in [1.165, 1.54) is 31.9 Å². The van der Waals surface area contributed by atoms with E-state index in [2.05, 4.69) is 17.2 Å². The quantitative estimate of drug-likeness (QED) is 0.540. The molecule has 5 aliphatic rings. The first-order valence-corrected chi connectivity index (χ1v) is 14.2. The van der Waals surface area contributed by atoms with E-state index >= 15 is 0 Å². The Bertz CT molecular complexity index is 978. The molecule has 5 fully saturated rings. The van der Waals surface area contributed by atoms with Gasteiger partial charge in [0.1, 0.15) is 5.82 Å². The Morgan fingerprint density at radius 3 is 2.62 bits per heavy atom. The highest BCUT2D eigenvalue weighted by atomic mass is 19.4. The van der Waals surface area contributed by atoms with E-state index in [9.17, 15) is 18.0 Å². The van der Waals surface area contributed by atoms with Gasteiger partial charge in [0.15, 0.2) is 0 Å². The van der Waals surface area contributed by atoms with Gasteiger partial charge in [-0.15, -0.1) is 0 Å². The molecule has 39 heavy (non-hydrogen) atoms. The number of nitrogens with one attached hydrogen (secondary N) is 1. The third-order valence-electron chi connectivity index (χ3n) is 9.53. The highest BCUT2D eigenvalue weighted by molar-refractivity contribution is 5.53. The fourth-order valence-electron chi connectivity index (χ4n) is 7.16. The molecule has 1 N–H and O–H groups in total. The lowest BCUT2D eigenvalue weighted by atomic mass is 9.75. The van der Waals surface area contributed by atoms with Crippen molar-refractivity contribution in [1.29, 1.82) is 0 Å². The van der Waals surface area contributed by atoms with Crippen LogP contribution < -0.4 is 10.2 Å². The lowest BCUT2D eigenvalue weighted by Gasteiger charge is -2.34. The Hall–Kier alpha value is -1.95. The minimum atomic E-state index is -4.36. The van der Waals surface area contributed by atoms with Gasteiger partial charge in [-0.05, 0) is 62.0 Å². The summed E-state index contributed by atoms with van der Waals surface area (Å²) in [6.45, 7) is 7.10. The Labute approximate surface area is 228 Å². The molecule has 7 atom stereocenters. The van der Waals surface area contributed by atoms with Crippen molar-refractivity contribution in [3.63, 3.8) is 0 Å². The fourth-order valence-corrected chi connectivity index (χ4v) is 7.16. The minimum absolute atomic E-state index is 0.0752. The van der Waals surface area contributed by atoms with Gasteiger partial charge in [0, 0.05) is 58.3 Å². The number of piperazine rings is 1. The van der Waals surface area contributed by atoms with E-state index in [-0.39, 0.29) is 18.2 Å². The zero-order chi connectivity index (χ0) is 27.6. The Morgan fingerprint density at radius 1 is 1.15 bits per heavy atom. The second-order valence-corrected chi connectivity index (χ2v) is 12.0. The molecule has 11 heteroatoms. The van der Waals surface area contributed by atoms with Gasteiger partial charge in [0.25, 0.3) is 0 Å². The molecule has 1 saturated carbocycles. The van der Waals surface area contributed by atoms with Gasteiger partial charge in [-0.25, -0.2) is 4.98 Å². The molecule has 7 unspecified atom stereocenters. The number of pyridine rings is 1. The van der Waals surface area contributed by atoms with Crippen molar-refractivity contribution in [1.82, 2.24) is 15.2 Å². The highest BCUT2D eigenvalue weighted by Crippen LogP contribution is 2.47. The maximum Gasteiger partial charge on any atom is 0.416 e. The molecule has 2 bridgehead atoms. The summed E-state index contributed by atoms with van der Waals surface area (Å²) < 4.78 is 54.6. The van der Waals surface area contributed by atoms with Crippen LogP contribution >= 0.6 is 0 Å². The van der Waals surface area contributed by atoms with Crippen molar-refractivity contribution >= 4 is 12.2 Å². The monoisotopic (exact) mass is 554 g/mol. The fraction of sp³-hybridized carbons (Fsp3) is 0.786. The molecule has 218 valence electrons. The van der Waals surface area contributed by atoms with Gasteiger partial charge in [-0.3, -0.25) is 4.79 Å². The van der Waals surface area contributed by atoms with Crippen molar-refractivity contribution in [2.75, 3.05) is 51.5 Å². The summed E-state index contributed by atoms with van der Waals surface area (Å²) in [5.74, 6) is 1.11. The minimum Gasteiger partial charge on any atom is -0.381 e. The van der Waals surface area contributed by atoms with Crippen LogP contribution in [0.1, 0.15) is 51.0 Å². The van der Waals surface area contributed by atoms with Gasteiger partial charge >= 0.3 is 6.18 Å². The number of anilines is 1. The summed E-state index contributed by atoms with van der Waals surface area (Å²) in [6.07, 6.45) is 4.88. The molecular weight excluding hydrogens is 513 g/mol. The molecule has 1 aromatic rings. The smallest absolute Gasteiger partial charge is 0.381 e. The number of alkyl halides is 3. The second kappa shape index (κ2) is 11.9. The van der Waals surface area contributed by atoms with Gasteiger partial charge in [0.2, 0.25) is 6.41 Å². The van der Waals surface area contributed by atoms with Crippen LogP contribution in [0, 0.1) is 11.3 Å².